The number of nitrogens with two attached hydrogens (primary N) is 1. The minimum absolute atomic E-state index is 0.419. The van der Waals surface area contributed by atoms with Gasteiger partial charge in [0.15, 0.2) is 0 Å². The highest BCUT2D eigenvalue weighted by Gasteiger charge is 2.03. The average Bonchev–Trinajstić information content (AvgIpc) is 2.39. The third-order valence-corrected chi connectivity index (χ3v) is 3.00. The van der Waals surface area contributed by atoms with Crippen molar-refractivity contribution in [3.05, 3.63) is 52.5 Å². The summed E-state index contributed by atoms with van der Waals surface area (Å²) in [5.74, 6) is 1.50. The third-order valence-electron chi connectivity index (χ3n) is 2.77. The molecule has 19 heavy (non-hydrogen) atoms. The van der Waals surface area contributed by atoms with E-state index >= 15 is 0 Å². The molecule has 2 N–H and O–H groups in total. The van der Waals surface area contributed by atoms with Crippen LogP contribution in [0.2, 0.25) is 5.02 Å². The predicted octanol–water partition coefficient (Wildman–Crippen LogP) is 3.82. The van der Waals surface area contributed by atoms with Crippen molar-refractivity contribution in [3.8, 4) is 11.5 Å². The lowest BCUT2D eigenvalue weighted by atomic mass is 10.2. The van der Waals surface area contributed by atoms with Crippen molar-refractivity contribution in [3.63, 3.8) is 0 Å². The normalized spacial score (nSPS) is 10.3. The van der Waals surface area contributed by atoms with E-state index in [2.05, 4.69) is 0 Å². The highest BCUT2D eigenvalue weighted by atomic mass is 35.5. The Hall–Kier alpha value is -1.87. The van der Waals surface area contributed by atoms with Gasteiger partial charge in [0.1, 0.15) is 18.1 Å². The van der Waals surface area contributed by atoms with Crippen LogP contribution in [-0.4, -0.2) is 7.11 Å². The monoisotopic (exact) mass is 277 g/mol. The zero-order valence-electron chi connectivity index (χ0n) is 10.9. The smallest absolute Gasteiger partial charge is 0.124 e. The summed E-state index contributed by atoms with van der Waals surface area (Å²) in [4.78, 5) is 0. The summed E-state index contributed by atoms with van der Waals surface area (Å²) in [6.45, 7) is 2.40. The van der Waals surface area contributed by atoms with Gasteiger partial charge < -0.3 is 15.2 Å². The van der Waals surface area contributed by atoms with E-state index in [1.807, 2.05) is 31.2 Å². The molecule has 2 rings (SSSR count). The quantitative estimate of drug-likeness (QED) is 0.864. The summed E-state index contributed by atoms with van der Waals surface area (Å²) in [5.41, 5.74) is 8.45. The number of hydrogen-bond acceptors (Lipinski definition) is 3. The number of nitrogen functional groups attached to an aromatic ring is 1. The van der Waals surface area contributed by atoms with Gasteiger partial charge in [0, 0.05) is 16.8 Å². The lowest BCUT2D eigenvalue weighted by Crippen LogP contribution is -1.99. The zero-order chi connectivity index (χ0) is 13.8. The van der Waals surface area contributed by atoms with E-state index < -0.39 is 0 Å². The zero-order valence-corrected chi connectivity index (χ0v) is 11.7. The highest BCUT2D eigenvalue weighted by molar-refractivity contribution is 6.30. The van der Waals surface area contributed by atoms with Crippen LogP contribution < -0.4 is 15.2 Å². The first-order valence-electron chi connectivity index (χ1n) is 5.91. The van der Waals surface area contributed by atoms with Gasteiger partial charge in [-0.2, -0.15) is 0 Å². The molecule has 0 saturated carbocycles. The summed E-state index contributed by atoms with van der Waals surface area (Å²) in [7, 11) is 1.61. The summed E-state index contributed by atoms with van der Waals surface area (Å²) < 4.78 is 10.9. The molecule has 2 aromatic carbocycles. The van der Waals surface area contributed by atoms with Crippen molar-refractivity contribution >= 4 is 17.3 Å². The minimum Gasteiger partial charge on any atom is -0.497 e. The van der Waals surface area contributed by atoms with Crippen LogP contribution in [0.3, 0.4) is 0 Å². The fourth-order valence-corrected chi connectivity index (χ4v) is 1.94. The molecule has 2 aromatic rings. The lowest BCUT2D eigenvalue weighted by Gasteiger charge is -2.11. The summed E-state index contributed by atoms with van der Waals surface area (Å²) in [6, 6.07) is 11.1. The van der Waals surface area contributed by atoms with Gasteiger partial charge in [0.25, 0.3) is 0 Å². The Bertz CT molecular complexity index is 584. The SMILES string of the molecule is COc1cc(N)cc(COc2cc(Cl)ccc2C)c1. The maximum absolute atomic E-state index is 5.95. The molecule has 0 atom stereocenters. The molecular formula is C15H16ClNO2. The number of aryl methyl sites for hydroxylation is 1. The molecular weight excluding hydrogens is 262 g/mol. The van der Waals surface area contributed by atoms with E-state index in [4.69, 9.17) is 26.8 Å². The van der Waals surface area contributed by atoms with Crippen molar-refractivity contribution in [2.45, 2.75) is 13.5 Å². The number of anilines is 1. The number of rotatable bonds is 4. The predicted molar refractivity (Wildman–Crippen MR) is 77.9 cm³/mol. The molecule has 0 aliphatic heterocycles. The van der Waals surface area contributed by atoms with Gasteiger partial charge in [0.05, 0.1) is 7.11 Å². The fourth-order valence-electron chi connectivity index (χ4n) is 1.78. The van der Waals surface area contributed by atoms with Gasteiger partial charge in [-0.05, 0) is 42.3 Å². The molecule has 0 fully saturated rings. The molecule has 0 heterocycles. The summed E-state index contributed by atoms with van der Waals surface area (Å²) in [6.07, 6.45) is 0. The van der Waals surface area contributed by atoms with Crippen molar-refractivity contribution in [2.24, 2.45) is 0 Å². The largest absolute Gasteiger partial charge is 0.497 e. The van der Waals surface area contributed by atoms with E-state index in [1.165, 1.54) is 0 Å². The molecule has 0 aliphatic carbocycles. The van der Waals surface area contributed by atoms with Gasteiger partial charge in [-0.1, -0.05) is 17.7 Å². The molecule has 0 unspecified atom stereocenters. The van der Waals surface area contributed by atoms with E-state index in [0.717, 1.165) is 22.6 Å². The fraction of sp³-hybridized carbons (Fsp3) is 0.200. The molecule has 0 spiro atoms. The van der Waals surface area contributed by atoms with Crippen LogP contribution in [0.1, 0.15) is 11.1 Å². The molecule has 100 valence electrons. The molecule has 0 saturated heterocycles. The van der Waals surface area contributed by atoms with Crippen molar-refractivity contribution in [1.29, 1.82) is 0 Å². The molecule has 4 heteroatoms. The highest BCUT2D eigenvalue weighted by Crippen LogP contribution is 2.25. The topological polar surface area (TPSA) is 44.5 Å². The maximum atomic E-state index is 5.95. The Morgan fingerprint density at radius 3 is 2.68 bits per heavy atom. The summed E-state index contributed by atoms with van der Waals surface area (Å²) in [5, 5.41) is 0.658. The van der Waals surface area contributed by atoms with Crippen LogP contribution >= 0.6 is 11.6 Å². The second-order valence-corrected chi connectivity index (χ2v) is 4.75. The van der Waals surface area contributed by atoms with Crippen molar-refractivity contribution < 1.29 is 9.47 Å². The average molecular weight is 278 g/mol. The molecule has 0 aliphatic rings. The number of methoxy groups -OCH3 is 1. The van der Waals surface area contributed by atoms with E-state index in [9.17, 15) is 0 Å². The van der Waals surface area contributed by atoms with Crippen LogP contribution in [0, 0.1) is 6.92 Å². The second-order valence-electron chi connectivity index (χ2n) is 4.31. The Balaban J connectivity index is 2.14. The maximum Gasteiger partial charge on any atom is 0.124 e. The van der Waals surface area contributed by atoms with Gasteiger partial charge in [-0.3, -0.25) is 0 Å². The van der Waals surface area contributed by atoms with Crippen LogP contribution in [0.25, 0.3) is 0 Å². The van der Waals surface area contributed by atoms with E-state index in [-0.39, 0.29) is 0 Å². The number of benzene rings is 2. The van der Waals surface area contributed by atoms with Gasteiger partial charge in [0.2, 0.25) is 0 Å². The molecule has 0 amide bonds. The van der Waals surface area contributed by atoms with Gasteiger partial charge >= 0.3 is 0 Å². The van der Waals surface area contributed by atoms with Crippen LogP contribution in [0.4, 0.5) is 5.69 Å². The molecule has 0 bridgehead atoms. The summed E-state index contributed by atoms with van der Waals surface area (Å²) >= 11 is 5.95. The Morgan fingerprint density at radius 1 is 1.16 bits per heavy atom. The lowest BCUT2D eigenvalue weighted by molar-refractivity contribution is 0.303. The third kappa shape index (κ3) is 3.55. The number of ether oxygens (including phenoxy) is 2. The first-order chi connectivity index (χ1) is 9.08. The molecule has 0 aromatic heterocycles. The number of halogens is 1. The Kier molecular flexibility index (Phi) is 4.17. The van der Waals surface area contributed by atoms with Crippen LogP contribution in [-0.2, 0) is 6.61 Å². The van der Waals surface area contributed by atoms with Crippen LogP contribution in [0.5, 0.6) is 11.5 Å². The first-order valence-corrected chi connectivity index (χ1v) is 6.28. The number of hydrogen-bond donors (Lipinski definition) is 1. The second kappa shape index (κ2) is 5.85. The van der Waals surface area contributed by atoms with E-state index in [1.54, 1.807) is 19.2 Å². The standard InChI is InChI=1S/C15H16ClNO2/c1-10-3-4-12(16)7-15(10)19-9-11-5-13(17)8-14(6-11)18-2/h3-8H,9,17H2,1-2H3. The van der Waals surface area contributed by atoms with Gasteiger partial charge in [-0.25, -0.2) is 0 Å². The molecule has 0 radical (unpaired) electrons. The van der Waals surface area contributed by atoms with Crippen molar-refractivity contribution in [2.75, 3.05) is 12.8 Å². The Labute approximate surface area is 117 Å². The molecule has 3 nitrogen and oxygen atoms in total. The van der Waals surface area contributed by atoms with E-state index in [0.29, 0.717) is 17.3 Å². The van der Waals surface area contributed by atoms with Crippen LogP contribution in [0.15, 0.2) is 36.4 Å². The van der Waals surface area contributed by atoms with Gasteiger partial charge in [-0.15, -0.1) is 0 Å². The minimum atomic E-state index is 0.419. The first kappa shape index (κ1) is 13.6. The van der Waals surface area contributed by atoms with Crippen molar-refractivity contribution in [1.82, 2.24) is 0 Å². The Morgan fingerprint density at radius 2 is 1.95 bits per heavy atom.